The van der Waals surface area contributed by atoms with Crippen LogP contribution in [0.3, 0.4) is 0 Å². The Hall–Kier alpha value is -3.57. The molecule has 0 N–H and O–H groups in total. The molecule has 11 heteroatoms. The van der Waals surface area contributed by atoms with Gasteiger partial charge in [-0.3, -0.25) is 9.78 Å². The maximum absolute atomic E-state index is 13.7. The number of piperidine rings is 1. The number of ether oxygens (including phenoxy) is 1. The topological polar surface area (TPSA) is 102 Å². The highest BCUT2D eigenvalue weighted by molar-refractivity contribution is 5.97. The predicted molar refractivity (Wildman–Crippen MR) is 156 cm³/mol. The summed E-state index contributed by atoms with van der Waals surface area (Å²) in [7, 11) is 1.69. The summed E-state index contributed by atoms with van der Waals surface area (Å²) >= 11 is 0. The van der Waals surface area contributed by atoms with Crippen molar-refractivity contribution in [3.05, 3.63) is 64.8 Å². The van der Waals surface area contributed by atoms with E-state index in [2.05, 4.69) is 26.1 Å². The van der Waals surface area contributed by atoms with Gasteiger partial charge in [-0.2, -0.15) is 8.78 Å². The molecule has 2 fully saturated rings. The van der Waals surface area contributed by atoms with E-state index in [1.807, 2.05) is 26.0 Å². The Morgan fingerprint density at radius 1 is 1.12 bits per heavy atom. The van der Waals surface area contributed by atoms with E-state index in [0.717, 1.165) is 70.4 Å². The third kappa shape index (κ3) is 7.33. The number of nitrogens with zero attached hydrogens (tertiary/aromatic N) is 5. The Labute approximate surface area is 250 Å². The first-order valence-electron chi connectivity index (χ1n) is 14.9. The minimum Gasteiger partial charge on any atom is -0.415 e. The van der Waals surface area contributed by atoms with E-state index in [4.69, 9.17) is 9.15 Å². The van der Waals surface area contributed by atoms with E-state index in [0.29, 0.717) is 28.7 Å². The second kappa shape index (κ2) is 13.4. The SMILES string of the molecule is CN(Cc1ccc(-c2nnc(C(F)F)o2)cn1)C(=O)c1ccc(C2CCN(CC3CCOCC3)CC2)cc1C(C)(C)C=O. The second-order valence-corrected chi connectivity index (χ2v) is 12.2. The zero-order chi connectivity index (χ0) is 30.6. The molecule has 4 heterocycles. The smallest absolute Gasteiger partial charge is 0.314 e. The molecule has 0 atom stereocenters. The highest BCUT2D eigenvalue weighted by Crippen LogP contribution is 2.34. The Morgan fingerprint density at radius 3 is 2.49 bits per heavy atom. The van der Waals surface area contributed by atoms with Gasteiger partial charge in [-0.05, 0) is 93.8 Å². The van der Waals surface area contributed by atoms with Gasteiger partial charge in [0.25, 0.3) is 11.8 Å². The molecule has 1 amide bonds. The molecule has 0 saturated carbocycles. The number of hydrogen-bond acceptors (Lipinski definition) is 8. The summed E-state index contributed by atoms with van der Waals surface area (Å²) in [6.07, 6.45) is 3.87. The fraction of sp³-hybridized carbons (Fsp3) is 0.531. The molecule has 43 heavy (non-hydrogen) atoms. The summed E-state index contributed by atoms with van der Waals surface area (Å²) in [6, 6.07) is 9.26. The summed E-state index contributed by atoms with van der Waals surface area (Å²) in [5, 5.41) is 6.98. The monoisotopic (exact) mass is 595 g/mol. The number of aldehydes is 1. The molecule has 5 rings (SSSR count). The van der Waals surface area contributed by atoms with Gasteiger partial charge in [0.15, 0.2) is 0 Å². The zero-order valence-electron chi connectivity index (χ0n) is 25.0. The number of likely N-dealkylation sites (tertiary alicyclic amines) is 1. The van der Waals surface area contributed by atoms with Crippen LogP contribution in [0.1, 0.15) is 84.9 Å². The number of amides is 1. The largest absolute Gasteiger partial charge is 0.415 e. The van der Waals surface area contributed by atoms with Gasteiger partial charge in [0.2, 0.25) is 5.89 Å². The van der Waals surface area contributed by atoms with Gasteiger partial charge in [0.1, 0.15) is 6.29 Å². The molecule has 2 aromatic heterocycles. The zero-order valence-corrected chi connectivity index (χ0v) is 25.0. The molecule has 9 nitrogen and oxygen atoms in total. The van der Waals surface area contributed by atoms with Gasteiger partial charge >= 0.3 is 6.43 Å². The highest BCUT2D eigenvalue weighted by atomic mass is 19.3. The fourth-order valence-corrected chi connectivity index (χ4v) is 5.95. The van der Waals surface area contributed by atoms with Crippen molar-refractivity contribution < 1.29 is 27.5 Å². The van der Waals surface area contributed by atoms with Crippen molar-refractivity contribution in [2.24, 2.45) is 5.92 Å². The molecule has 3 aromatic rings. The lowest BCUT2D eigenvalue weighted by atomic mass is 9.79. The first-order valence-corrected chi connectivity index (χ1v) is 14.9. The molecular weight excluding hydrogens is 556 g/mol. The number of halogens is 2. The number of benzene rings is 1. The second-order valence-electron chi connectivity index (χ2n) is 12.2. The summed E-state index contributed by atoms with van der Waals surface area (Å²) in [5.74, 6) is 0.0803. The Bertz CT molecular complexity index is 1400. The summed E-state index contributed by atoms with van der Waals surface area (Å²) in [5.41, 5.74) is 2.53. The third-order valence-electron chi connectivity index (χ3n) is 8.62. The van der Waals surface area contributed by atoms with Crippen molar-refractivity contribution >= 4 is 12.2 Å². The lowest BCUT2D eigenvalue weighted by Gasteiger charge is -2.36. The van der Waals surface area contributed by atoms with Gasteiger partial charge in [-0.1, -0.05) is 12.1 Å². The van der Waals surface area contributed by atoms with E-state index in [-0.39, 0.29) is 18.3 Å². The number of pyridine rings is 1. The fourth-order valence-electron chi connectivity index (χ4n) is 5.95. The van der Waals surface area contributed by atoms with Crippen molar-refractivity contribution in [3.8, 4) is 11.5 Å². The normalized spacial score (nSPS) is 17.3. The number of rotatable bonds is 10. The van der Waals surface area contributed by atoms with Gasteiger partial charge in [-0.25, -0.2) is 0 Å². The van der Waals surface area contributed by atoms with E-state index in [1.165, 1.54) is 11.8 Å². The molecule has 2 aliphatic rings. The van der Waals surface area contributed by atoms with Crippen LogP contribution >= 0.6 is 0 Å². The molecule has 0 aliphatic carbocycles. The number of alkyl halides is 2. The number of carbonyl (C=O) groups is 2. The van der Waals surface area contributed by atoms with Crippen molar-refractivity contribution in [1.29, 1.82) is 0 Å². The van der Waals surface area contributed by atoms with E-state index >= 15 is 0 Å². The lowest BCUT2D eigenvalue weighted by Crippen LogP contribution is -2.38. The molecule has 2 saturated heterocycles. The van der Waals surface area contributed by atoms with Crippen LogP contribution in [0.25, 0.3) is 11.5 Å². The predicted octanol–water partition coefficient (Wildman–Crippen LogP) is 5.42. The standard InChI is InChI=1S/C32H39F2N5O4/c1-32(2,20-40)27-16-23(22-8-12-39(13-9-22)18-21-10-14-42-15-11-21)5-7-26(27)31(41)38(3)19-25-6-4-24(17-35-25)29-36-37-30(43-29)28(33)34/h4-7,16-17,20-22,28H,8-15,18-19H2,1-3H3. The highest BCUT2D eigenvalue weighted by Gasteiger charge is 2.30. The Balaban J connectivity index is 1.26. The van der Waals surface area contributed by atoms with E-state index in [9.17, 15) is 18.4 Å². The molecule has 2 aliphatic heterocycles. The summed E-state index contributed by atoms with van der Waals surface area (Å²) < 4.78 is 36.0. The maximum atomic E-state index is 13.7. The molecule has 1 aromatic carbocycles. The van der Waals surface area contributed by atoms with E-state index < -0.39 is 17.7 Å². The molecule has 0 radical (unpaired) electrons. The van der Waals surface area contributed by atoms with Gasteiger partial charge in [0.05, 0.1) is 17.8 Å². The van der Waals surface area contributed by atoms with Crippen LogP contribution in [-0.2, 0) is 21.5 Å². The first-order chi connectivity index (χ1) is 20.6. The first kappa shape index (κ1) is 30.9. The van der Waals surface area contributed by atoms with Crippen LogP contribution in [0.2, 0.25) is 0 Å². The minimum absolute atomic E-state index is 0.0513. The van der Waals surface area contributed by atoms with Crippen LogP contribution in [0.5, 0.6) is 0 Å². The number of aromatic nitrogens is 3. The molecular formula is C32H39F2N5O4. The Kier molecular flexibility index (Phi) is 9.61. The van der Waals surface area contributed by atoms with E-state index in [1.54, 1.807) is 24.1 Å². The maximum Gasteiger partial charge on any atom is 0.314 e. The average Bonchev–Trinajstić information content (AvgIpc) is 3.53. The molecule has 0 bridgehead atoms. The number of hydrogen-bond donors (Lipinski definition) is 0. The third-order valence-corrected chi connectivity index (χ3v) is 8.62. The average molecular weight is 596 g/mol. The quantitative estimate of drug-likeness (QED) is 0.286. The van der Waals surface area contributed by atoms with Gasteiger partial charge in [0, 0.05) is 44.0 Å². The van der Waals surface area contributed by atoms with Crippen LogP contribution in [0.4, 0.5) is 8.78 Å². The summed E-state index contributed by atoms with van der Waals surface area (Å²) in [6.45, 7) is 8.84. The van der Waals surface area contributed by atoms with Crippen molar-refractivity contribution in [2.45, 2.75) is 63.8 Å². The van der Waals surface area contributed by atoms with Crippen molar-refractivity contribution in [3.63, 3.8) is 0 Å². The number of carbonyl (C=O) groups excluding carboxylic acids is 2. The van der Waals surface area contributed by atoms with Crippen LogP contribution in [0.15, 0.2) is 40.9 Å². The molecule has 0 unspecified atom stereocenters. The van der Waals surface area contributed by atoms with Crippen molar-refractivity contribution in [1.82, 2.24) is 25.0 Å². The van der Waals surface area contributed by atoms with Crippen LogP contribution in [0, 0.1) is 5.92 Å². The van der Waals surface area contributed by atoms with Crippen LogP contribution in [-0.4, -0.2) is 77.1 Å². The van der Waals surface area contributed by atoms with Crippen LogP contribution < -0.4 is 0 Å². The van der Waals surface area contributed by atoms with Gasteiger partial charge < -0.3 is 23.7 Å². The van der Waals surface area contributed by atoms with Gasteiger partial charge in [-0.15, -0.1) is 10.2 Å². The van der Waals surface area contributed by atoms with Crippen molar-refractivity contribution in [2.75, 3.05) is 39.9 Å². The summed E-state index contributed by atoms with van der Waals surface area (Å²) in [4.78, 5) is 34.3. The Morgan fingerprint density at radius 2 is 1.86 bits per heavy atom. The minimum atomic E-state index is -2.85. The lowest BCUT2D eigenvalue weighted by molar-refractivity contribution is -0.111. The molecule has 230 valence electrons. The molecule has 0 spiro atoms.